The summed E-state index contributed by atoms with van der Waals surface area (Å²) in [6, 6.07) is 17.4. The maximum atomic E-state index is 12.8. The number of carboxylic acid groups (broad SMARTS) is 1. The van der Waals surface area contributed by atoms with Crippen molar-refractivity contribution >= 4 is 34.2 Å². The van der Waals surface area contributed by atoms with Crippen LogP contribution in [-0.4, -0.2) is 33.4 Å². The smallest absolute Gasteiger partial charge is 0.328 e. The second-order valence-corrected chi connectivity index (χ2v) is 9.42. The number of pyridine rings is 1. The summed E-state index contributed by atoms with van der Waals surface area (Å²) in [6.45, 7) is 2.99. The van der Waals surface area contributed by atoms with E-state index in [4.69, 9.17) is 0 Å². The molecule has 0 atom stereocenters. The highest BCUT2D eigenvalue weighted by atomic mass is 16.4. The second-order valence-electron chi connectivity index (χ2n) is 9.42. The van der Waals surface area contributed by atoms with Gasteiger partial charge in [-0.3, -0.25) is 14.6 Å². The molecule has 1 fully saturated rings. The van der Waals surface area contributed by atoms with Gasteiger partial charge in [-0.1, -0.05) is 36.4 Å². The van der Waals surface area contributed by atoms with Crippen LogP contribution in [0.2, 0.25) is 0 Å². The SMILES string of the molecule is CC(C)(NC(=O)[C@H]1CC[C@H](c2ccc(NC(=O)c3nccc4ccccc34)cc2)CC1)C(=O)O. The first-order chi connectivity index (χ1) is 16.2. The largest absolute Gasteiger partial charge is 0.480 e. The lowest BCUT2D eigenvalue weighted by molar-refractivity contribution is -0.146. The minimum atomic E-state index is -1.27. The van der Waals surface area contributed by atoms with Gasteiger partial charge < -0.3 is 15.7 Å². The fourth-order valence-corrected chi connectivity index (χ4v) is 4.48. The number of fused-ring (bicyclic) bond motifs is 1. The number of carbonyl (C=O) groups excluding carboxylic acids is 2. The standard InChI is InChI=1S/C27H29N3O4/c1-27(2,26(33)34)30-24(31)20-9-7-17(8-10-20)18-11-13-21(14-12-18)29-25(32)23-22-6-4-3-5-19(22)15-16-28-23/h3-6,11-17,20H,7-10H2,1-2H3,(H,29,32)(H,30,31)(H,33,34)/t17-,20-. The third-order valence-electron chi connectivity index (χ3n) is 6.60. The Bertz CT molecular complexity index is 1210. The van der Waals surface area contributed by atoms with Gasteiger partial charge in [-0.25, -0.2) is 4.79 Å². The number of amides is 2. The summed E-state index contributed by atoms with van der Waals surface area (Å²) >= 11 is 0. The van der Waals surface area contributed by atoms with Crippen LogP contribution in [0.25, 0.3) is 10.8 Å². The lowest BCUT2D eigenvalue weighted by Crippen LogP contribution is -2.51. The Morgan fingerprint density at radius 3 is 2.29 bits per heavy atom. The number of hydrogen-bond acceptors (Lipinski definition) is 4. The average molecular weight is 460 g/mol. The first kappa shape index (κ1) is 23.4. The van der Waals surface area contributed by atoms with Gasteiger partial charge >= 0.3 is 5.97 Å². The zero-order chi connectivity index (χ0) is 24.3. The highest BCUT2D eigenvalue weighted by Gasteiger charge is 2.33. The molecule has 0 unspecified atom stereocenters. The molecule has 7 nitrogen and oxygen atoms in total. The number of carbonyl (C=O) groups is 3. The molecule has 0 saturated heterocycles. The first-order valence-corrected chi connectivity index (χ1v) is 11.5. The molecule has 34 heavy (non-hydrogen) atoms. The summed E-state index contributed by atoms with van der Waals surface area (Å²) < 4.78 is 0. The predicted molar refractivity (Wildman–Crippen MR) is 131 cm³/mol. The van der Waals surface area contributed by atoms with E-state index in [1.807, 2.05) is 54.6 Å². The number of hydrogen-bond donors (Lipinski definition) is 3. The van der Waals surface area contributed by atoms with E-state index in [0.717, 1.165) is 36.5 Å². The van der Waals surface area contributed by atoms with Crippen molar-refractivity contribution in [3.05, 3.63) is 72.1 Å². The molecule has 2 amide bonds. The lowest BCUT2D eigenvalue weighted by atomic mass is 9.78. The van der Waals surface area contributed by atoms with E-state index >= 15 is 0 Å². The van der Waals surface area contributed by atoms with Crippen LogP contribution in [0.5, 0.6) is 0 Å². The van der Waals surface area contributed by atoms with Crippen molar-refractivity contribution in [3.63, 3.8) is 0 Å². The third kappa shape index (κ3) is 5.09. The number of nitrogens with zero attached hydrogens (tertiary/aromatic N) is 1. The number of nitrogens with one attached hydrogen (secondary N) is 2. The maximum Gasteiger partial charge on any atom is 0.328 e. The molecule has 3 aromatic rings. The summed E-state index contributed by atoms with van der Waals surface area (Å²) in [5.74, 6) is -1.31. The Morgan fingerprint density at radius 1 is 0.941 bits per heavy atom. The van der Waals surface area contributed by atoms with Gasteiger partial charge in [0.15, 0.2) is 0 Å². The Hall–Kier alpha value is -3.74. The quantitative estimate of drug-likeness (QED) is 0.493. The predicted octanol–water partition coefficient (Wildman–Crippen LogP) is 4.74. The number of carboxylic acids is 1. The van der Waals surface area contributed by atoms with Crippen LogP contribution in [0, 0.1) is 5.92 Å². The third-order valence-corrected chi connectivity index (χ3v) is 6.60. The molecule has 1 aliphatic carbocycles. The van der Waals surface area contributed by atoms with Crippen LogP contribution in [0.1, 0.15) is 61.5 Å². The van der Waals surface area contributed by atoms with Crippen LogP contribution in [-0.2, 0) is 9.59 Å². The van der Waals surface area contributed by atoms with Crippen molar-refractivity contribution in [1.82, 2.24) is 10.3 Å². The fraction of sp³-hybridized carbons (Fsp3) is 0.333. The van der Waals surface area contributed by atoms with Crippen molar-refractivity contribution in [1.29, 1.82) is 0 Å². The number of anilines is 1. The van der Waals surface area contributed by atoms with Gasteiger partial charge in [0.1, 0.15) is 11.2 Å². The maximum absolute atomic E-state index is 12.8. The highest BCUT2D eigenvalue weighted by Crippen LogP contribution is 2.36. The van der Waals surface area contributed by atoms with Gasteiger partial charge in [0.2, 0.25) is 5.91 Å². The lowest BCUT2D eigenvalue weighted by Gasteiger charge is -2.30. The average Bonchev–Trinajstić information content (AvgIpc) is 2.84. The van der Waals surface area contributed by atoms with Crippen LogP contribution >= 0.6 is 0 Å². The zero-order valence-corrected chi connectivity index (χ0v) is 19.4. The Labute approximate surface area is 198 Å². The zero-order valence-electron chi connectivity index (χ0n) is 19.4. The molecule has 0 radical (unpaired) electrons. The number of rotatable bonds is 6. The van der Waals surface area contributed by atoms with E-state index in [9.17, 15) is 19.5 Å². The van der Waals surface area contributed by atoms with E-state index in [1.54, 1.807) is 6.20 Å². The van der Waals surface area contributed by atoms with Crippen LogP contribution in [0.4, 0.5) is 5.69 Å². The van der Waals surface area contributed by atoms with Crippen molar-refractivity contribution in [3.8, 4) is 0 Å². The molecule has 4 rings (SSSR count). The minimum Gasteiger partial charge on any atom is -0.480 e. The van der Waals surface area contributed by atoms with Crippen molar-refractivity contribution in [2.24, 2.45) is 5.92 Å². The molecule has 2 aromatic carbocycles. The topological polar surface area (TPSA) is 108 Å². The fourth-order valence-electron chi connectivity index (χ4n) is 4.48. The molecule has 1 heterocycles. The number of benzene rings is 2. The molecule has 3 N–H and O–H groups in total. The van der Waals surface area contributed by atoms with Gasteiger partial charge in [0.05, 0.1) is 0 Å². The number of aromatic nitrogens is 1. The minimum absolute atomic E-state index is 0.165. The summed E-state index contributed by atoms with van der Waals surface area (Å²) in [4.78, 5) is 40.8. The summed E-state index contributed by atoms with van der Waals surface area (Å²) in [5.41, 5.74) is 0.999. The van der Waals surface area contributed by atoms with Gasteiger partial charge in [0.25, 0.3) is 5.91 Å². The van der Waals surface area contributed by atoms with Crippen LogP contribution < -0.4 is 10.6 Å². The highest BCUT2D eigenvalue weighted by molar-refractivity contribution is 6.11. The molecule has 0 spiro atoms. The number of aliphatic carboxylic acids is 1. The van der Waals surface area contributed by atoms with Crippen molar-refractivity contribution < 1.29 is 19.5 Å². The molecular weight excluding hydrogens is 430 g/mol. The van der Waals surface area contributed by atoms with Gasteiger partial charge in [-0.2, -0.15) is 0 Å². The molecule has 7 heteroatoms. The molecule has 176 valence electrons. The van der Waals surface area contributed by atoms with Crippen LogP contribution in [0.3, 0.4) is 0 Å². The summed E-state index contributed by atoms with van der Waals surface area (Å²) in [5, 5.41) is 16.6. The molecule has 1 aromatic heterocycles. The van der Waals surface area contributed by atoms with E-state index in [2.05, 4.69) is 15.6 Å². The van der Waals surface area contributed by atoms with Crippen molar-refractivity contribution in [2.45, 2.75) is 51.0 Å². The van der Waals surface area contributed by atoms with Crippen molar-refractivity contribution in [2.75, 3.05) is 5.32 Å². The molecule has 0 aliphatic heterocycles. The summed E-state index contributed by atoms with van der Waals surface area (Å²) in [6.07, 6.45) is 4.79. The Kier molecular flexibility index (Phi) is 6.63. The van der Waals surface area contributed by atoms with E-state index in [1.165, 1.54) is 19.4 Å². The van der Waals surface area contributed by atoms with Crippen LogP contribution in [0.15, 0.2) is 60.8 Å². The molecule has 1 saturated carbocycles. The second kappa shape index (κ2) is 9.63. The first-order valence-electron chi connectivity index (χ1n) is 11.5. The Morgan fingerprint density at radius 2 is 1.62 bits per heavy atom. The normalized spacial score (nSPS) is 18.3. The van der Waals surface area contributed by atoms with E-state index in [-0.39, 0.29) is 17.7 Å². The van der Waals surface area contributed by atoms with E-state index < -0.39 is 11.5 Å². The monoisotopic (exact) mass is 459 g/mol. The van der Waals surface area contributed by atoms with Gasteiger partial charge in [-0.15, -0.1) is 0 Å². The van der Waals surface area contributed by atoms with Gasteiger partial charge in [0, 0.05) is 23.2 Å². The molecular formula is C27H29N3O4. The molecule has 1 aliphatic rings. The molecule has 0 bridgehead atoms. The Balaban J connectivity index is 1.35. The van der Waals surface area contributed by atoms with E-state index in [0.29, 0.717) is 17.3 Å². The van der Waals surface area contributed by atoms with Gasteiger partial charge in [-0.05, 0) is 74.6 Å². The summed E-state index contributed by atoms with van der Waals surface area (Å²) in [7, 11) is 0.